The minimum Gasteiger partial charge on any atom is -0.386 e. The number of carbonyl (C=O) groups is 1. The van der Waals surface area contributed by atoms with Gasteiger partial charge >= 0.3 is 0 Å². The number of nitrogens with one attached hydrogen (secondary N) is 2. The molecule has 12 heavy (non-hydrogen) atoms. The molecule has 2 heterocycles. The summed E-state index contributed by atoms with van der Waals surface area (Å²) >= 11 is 0. The molecule has 2 rings (SSSR count). The smallest absolute Gasteiger partial charge is 0.163 e. The molecule has 0 saturated heterocycles. The second kappa shape index (κ2) is 2.59. The third-order valence-electron chi connectivity index (χ3n) is 2.62. The Balaban J connectivity index is 2.38. The Labute approximate surface area is 72.2 Å². The zero-order valence-electron chi connectivity index (χ0n) is 7.48. The Hall–Kier alpha value is -0.830. The SMILES string of the molecule is CC1NC(C)C2=C1NCCC2=O. The molecule has 0 fully saturated rings. The number of hydrogen-bond acceptors (Lipinski definition) is 3. The van der Waals surface area contributed by atoms with Crippen LogP contribution in [-0.4, -0.2) is 24.4 Å². The van der Waals surface area contributed by atoms with Crippen molar-refractivity contribution in [2.24, 2.45) is 0 Å². The van der Waals surface area contributed by atoms with Gasteiger partial charge in [-0.3, -0.25) is 4.79 Å². The molecule has 3 heteroatoms. The molecule has 2 aliphatic rings. The predicted octanol–water partition coefficient (Wildman–Crippen LogP) is 0.183. The lowest BCUT2D eigenvalue weighted by Gasteiger charge is -2.17. The van der Waals surface area contributed by atoms with Crippen LogP contribution in [0.4, 0.5) is 0 Å². The van der Waals surface area contributed by atoms with Gasteiger partial charge in [-0.15, -0.1) is 0 Å². The first kappa shape index (κ1) is 7.80. The van der Waals surface area contributed by atoms with Crippen molar-refractivity contribution in [2.75, 3.05) is 6.54 Å². The van der Waals surface area contributed by atoms with Crippen LogP contribution in [0.15, 0.2) is 11.3 Å². The molecule has 0 aromatic heterocycles. The van der Waals surface area contributed by atoms with E-state index in [-0.39, 0.29) is 6.04 Å². The molecule has 2 atom stereocenters. The van der Waals surface area contributed by atoms with Crippen LogP contribution in [0, 0.1) is 0 Å². The quantitative estimate of drug-likeness (QED) is 0.539. The van der Waals surface area contributed by atoms with Gasteiger partial charge < -0.3 is 10.6 Å². The lowest BCUT2D eigenvalue weighted by Crippen LogP contribution is -2.31. The molecule has 66 valence electrons. The lowest BCUT2D eigenvalue weighted by molar-refractivity contribution is -0.116. The first-order chi connectivity index (χ1) is 5.70. The standard InChI is InChI=1S/C9H14N2O/c1-5-8-7(12)3-4-10-9(8)6(2)11-5/h5-6,10-11H,3-4H2,1-2H3. The van der Waals surface area contributed by atoms with Gasteiger partial charge in [-0.05, 0) is 13.8 Å². The average Bonchev–Trinajstić information content (AvgIpc) is 2.29. The minimum atomic E-state index is 0.232. The van der Waals surface area contributed by atoms with E-state index in [0.717, 1.165) is 17.8 Å². The van der Waals surface area contributed by atoms with Crippen LogP contribution in [0.25, 0.3) is 0 Å². The van der Waals surface area contributed by atoms with E-state index in [0.29, 0.717) is 18.2 Å². The molecule has 0 aromatic carbocycles. The Bertz CT molecular complexity index is 257. The molecule has 0 aliphatic carbocycles. The maximum absolute atomic E-state index is 11.5. The number of carbonyl (C=O) groups excluding carboxylic acids is 1. The molecule has 2 aliphatic heterocycles. The van der Waals surface area contributed by atoms with Gasteiger partial charge in [0.1, 0.15) is 0 Å². The molecular weight excluding hydrogens is 152 g/mol. The van der Waals surface area contributed by atoms with Crippen LogP contribution in [0.3, 0.4) is 0 Å². The fourth-order valence-corrected chi connectivity index (χ4v) is 2.09. The van der Waals surface area contributed by atoms with E-state index in [9.17, 15) is 4.79 Å². The summed E-state index contributed by atoms with van der Waals surface area (Å²) in [5, 5.41) is 6.62. The zero-order chi connectivity index (χ0) is 8.72. The van der Waals surface area contributed by atoms with Crippen molar-refractivity contribution in [3.05, 3.63) is 11.3 Å². The summed E-state index contributed by atoms with van der Waals surface area (Å²) in [5.41, 5.74) is 2.10. The summed E-state index contributed by atoms with van der Waals surface area (Å²) < 4.78 is 0. The Kier molecular flexibility index (Phi) is 1.68. The Morgan fingerprint density at radius 1 is 1.33 bits per heavy atom. The number of ketones is 1. The van der Waals surface area contributed by atoms with Gasteiger partial charge in [0.25, 0.3) is 0 Å². The molecule has 0 amide bonds. The van der Waals surface area contributed by atoms with Crippen molar-refractivity contribution in [3.8, 4) is 0 Å². The number of rotatable bonds is 0. The summed E-state index contributed by atoms with van der Waals surface area (Å²) in [6, 6.07) is 0.551. The van der Waals surface area contributed by atoms with Gasteiger partial charge in [-0.1, -0.05) is 0 Å². The van der Waals surface area contributed by atoms with Crippen molar-refractivity contribution >= 4 is 5.78 Å². The van der Waals surface area contributed by atoms with E-state index in [1.165, 1.54) is 0 Å². The van der Waals surface area contributed by atoms with Crippen molar-refractivity contribution in [1.82, 2.24) is 10.6 Å². The third-order valence-corrected chi connectivity index (χ3v) is 2.62. The first-order valence-electron chi connectivity index (χ1n) is 4.47. The van der Waals surface area contributed by atoms with E-state index < -0.39 is 0 Å². The van der Waals surface area contributed by atoms with Gasteiger partial charge in [0.05, 0.1) is 0 Å². The van der Waals surface area contributed by atoms with Crippen molar-refractivity contribution in [2.45, 2.75) is 32.4 Å². The molecule has 0 spiro atoms. The normalized spacial score (nSPS) is 35.0. The maximum Gasteiger partial charge on any atom is 0.163 e. The van der Waals surface area contributed by atoms with Gasteiger partial charge in [0, 0.05) is 36.3 Å². The highest BCUT2D eigenvalue weighted by Crippen LogP contribution is 2.23. The third kappa shape index (κ3) is 0.966. The molecule has 2 N–H and O–H groups in total. The minimum absolute atomic E-state index is 0.232. The monoisotopic (exact) mass is 166 g/mol. The highest BCUT2D eigenvalue weighted by Gasteiger charge is 2.33. The van der Waals surface area contributed by atoms with Crippen molar-refractivity contribution in [1.29, 1.82) is 0 Å². The van der Waals surface area contributed by atoms with Gasteiger partial charge in [-0.25, -0.2) is 0 Å². The second-order valence-corrected chi connectivity index (χ2v) is 3.54. The molecule has 0 bridgehead atoms. The van der Waals surface area contributed by atoms with Gasteiger partial charge in [-0.2, -0.15) is 0 Å². The largest absolute Gasteiger partial charge is 0.386 e. The van der Waals surface area contributed by atoms with Crippen LogP contribution in [-0.2, 0) is 4.79 Å². The molecule has 0 aromatic rings. The van der Waals surface area contributed by atoms with Gasteiger partial charge in [0.15, 0.2) is 5.78 Å². The Morgan fingerprint density at radius 3 is 2.75 bits per heavy atom. The highest BCUT2D eigenvalue weighted by atomic mass is 16.1. The zero-order valence-corrected chi connectivity index (χ0v) is 7.48. The van der Waals surface area contributed by atoms with Gasteiger partial charge in [0.2, 0.25) is 0 Å². The fraction of sp³-hybridized carbons (Fsp3) is 0.667. The summed E-state index contributed by atoms with van der Waals surface area (Å²) in [6.45, 7) is 4.94. The fourth-order valence-electron chi connectivity index (χ4n) is 2.09. The molecule has 0 radical (unpaired) electrons. The van der Waals surface area contributed by atoms with Crippen molar-refractivity contribution in [3.63, 3.8) is 0 Å². The van der Waals surface area contributed by atoms with Crippen LogP contribution in [0.2, 0.25) is 0 Å². The Morgan fingerprint density at radius 2 is 2.08 bits per heavy atom. The topological polar surface area (TPSA) is 41.1 Å². The molecular formula is C9H14N2O. The predicted molar refractivity (Wildman–Crippen MR) is 46.7 cm³/mol. The summed E-state index contributed by atoms with van der Waals surface area (Å²) in [4.78, 5) is 11.5. The summed E-state index contributed by atoms with van der Waals surface area (Å²) in [5.74, 6) is 0.313. The molecule has 0 saturated carbocycles. The highest BCUT2D eigenvalue weighted by molar-refractivity contribution is 5.98. The summed E-state index contributed by atoms with van der Waals surface area (Å²) in [6.07, 6.45) is 0.650. The molecule has 3 nitrogen and oxygen atoms in total. The second-order valence-electron chi connectivity index (χ2n) is 3.54. The number of Topliss-reactive ketones (excluding diaryl/α,β-unsaturated/α-hetero) is 1. The molecule has 2 unspecified atom stereocenters. The average molecular weight is 166 g/mol. The van der Waals surface area contributed by atoms with E-state index in [2.05, 4.69) is 17.6 Å². The van der Waals surface area contributed by atoms with E-state index in [1.807, 2.05) is 6.92 Å². The van der Waals surface area contributed by atoms with Crippen LogP contribution < -0.4 is 10.6 Å². The van der Waals surface area contributed by atoms with Crippen molar-refractivity contribution < 1.29 is 4.79 Å². The van der Waals surface area contributed by atoms with Crippen LogP contribution in [0.1, 0.15) is 20.3 Å². The summed E-state index contributed by atoms with van der Waals surface area (Å²) in [7, 11) is 0. The van der Waals surface area contributed by atoms with E-state index >= 15 is 0 Å². The van der Waals surface area contributed by atoms with E-state index in [4.69, 9.17) is 0 Å². The number of hydrogen-bond donors (Lipinski definition) is 2. The first-order valence-corrected chi connectivity index (χ1v) is 4.47. The van der Waals surface area contributed by atoms with Crippen LogP contribution in [0.5, 0.6) is 0 Å². The van der Waals surface area contributed by atoms with Crippen LogP contribution >= 0.6 is 0 Å². The maximum atomic E-state index is 11.5. The lowest BCUT2D eigenvalue weighted by atomic mass is 9.98. The van der Waals surface area contributed by atoms with E-state index in [1.54, 1.807) is 0 Å².